The predicted octanol–water partition coefficient (Wildman–Crippen LogP) is 2.96. The highest BCUT2D eigenvalue weighted by molar-refractivity contribution is 9.10. The van der Waals surface area contributed by atoms with Crippen LogP contribution in [0.1, 0.15) is 39.3 Å². The summed E-state index contributed by atoms with van der Waals surface area (Å²) in [4.78, 5) is 4.06. The van der Waals surface area contributed by atoms with Crippen LogP contribution in [0.25, 0.3) is 0 Å². The Morgan fingerprint density at radius 2 is 2.12 bits per heavy atom. The Bertz CT molecular complexity index is 390. The van der Waals surface area contributed by atoms with E-state index in [2.05, 4.69) is 25.6 Å². The van der Waals surface area contributed by atoms with Gasteiger partial charge in [0, 0.05) is 12.2 Å². The molecule has 0 saturated carbocycles. The Hall–Kier alpha value is -0.260. The van der Waals surface area contributed by atoms with E-state index in [1.165, 1.54) is 0 Å². The molecule has 0 spiro atoms. The van der Waals surface area contributed by atoms with E-state index in [1.54, 1.807) is 6.20 Å². The summed E-state index contributed by atoms with van der Waals surface area (Å²) >= 11 is 3.32. The van der Waals surface area contributed by atoms with Crippen LogP contribution in [-0.4, -0.2) is 13.9 Å². The van der Waals surface area contributed by atoms with Crippen LogP contribution in [0.2, 0.25) is 0 Å². The molecule has 1 N–H and O–H groups in total. The average molecular weight is 305 g/mol. The van der Waals surface area contributed by atoms with E-state index < -0.39 is 11.0 Å². The van der Waals surface area contributed by atoms with E-state index in [9.17, 15) is 4.21 Å². The SMILES string of the molecule is CC(N[S@@](=O)C(C)(C)C)c1ccnc(Br)c1. The van der Waals surface area contributed by atoms with Crippen LogP contribution >= 0.6 is 15.9 Å². The van der Waals surface area contributed by atoms with Crippen LogP contribution in [0.5, 0.6) is 0 Å². The van der Waals surface area contributed by atoms with Gasteiger partial charge < -0.3 is 0 Å². The van der Waals surface area contributed by atoms with Crippen molar-refractivity contribution in [2.75, 3.05) is 0 Å². The van der Waals surface area contributed by atoms with Crippen LogP contribution in [0.4, 0.5) is 0 Å². The highest BCUT2D eigenvalue weighted by atomic mass is 79.9. The van der Waals surface area contributed by atoms with Crippen molar-refractivity contribution in [1.29, 1.82) is 0 Å². The van der Waals surface area contributed by atoms with Crippen LogP contribution in [-0.2, 0) is 11.0 Å². The maximum absolute atomic E-state index is 11.9. The second kappa shape index (κ2) is 5.38. The van der Waals surface area contributed by atoms with Crippen LogP contribution < -0.4 is 4.72 Å². The Morgan fingerprint density at radius 3 is 2.62 bits per heavy atom. The lowest BCUT2D eigenvalue weighted by Gasteiger charge is -2.22. The van der Waals surface area contributed by atoms with Crippen molar-refractivity contribution in [3.63, 3.8) is 0 Å². The zero-order chi connectivity index (χ0) is 12.3. The summed E-state index contributed by atoms with van der Waals surface area (Å²) in [6.07, 6.45) is 1.73. The van der Waals surface area contributed by atoms with Crippen molar-refractivity contribution in [3.05, 3.63) is 28.5 Å². The highest BCUT2D eigenvalue weighted by Crippen LogP contribution is 2.18. The Morgan fingerprint density at radius 1 is 1.50 bits per heavy atom. The first kappa shape index (κ1) is 13.8. The van der Waals surface area contributed by atoms with Crippen LogP contribution in [0.15, 0.2) is 22.9 Å². The zero-order valence-corrected chi connectivity index (χ0v) is 12.4. The van der Waals surface area contributed by atoms with Gasteiger partial charge in [-0.15, -0.1) is 0 Å². The minimum absolute atomic E-state index is 0.0411. The molecule has 1 aromatic heterocycles. The topological polar surface area (TPSA) is 42.0 Å². The summed E-state index contributed by atoms with van der Waals surface area (Å²) in [5, 5.41) is 0. The van der Waals surface area contributed by atoms with E-state index in [0.29, 0.717) is 0 Å². The maximum atomic E-state index is 11.9. The molecule has 1 unspecified atom stereocenters. The minimum Gasteiger partial charge on any atom is -0.249 e. The molecule has 1 heterocycles. The van der Waals surface area contributed by atoms with E-state index in [1.807, 2.05) is 39.8 Å². The van der Waals surface area contributed by atoms with E-state index in [-0.39, 0.29) is 10.8 Å². The quantitative estimate of drug-likeness (QED) is 0.872. The molecule has 3 nitrogen and oxygen atoms in total. The van der Waals surface area contributed by atoms with E-state index >= 15 is 0 Å². The molecular weight excluding hydrogens is 288 g/mol. The molecule has 0 aliphatic carbocycles. The number of halogens is 1. The summed E-state index contributed by atoms with van der Waals surface area (Å²) in [5.41, 5.74) is 1.07. The monoisotopic (exact) mass is 304 g/mol. The number of hydrogen-bond donors (Lipinski definition) is 1. The first-order chi connectivity index (χ1) is 7.30. The lowest BCUT2D eigenvalue weighted by molar-refractivity contribution is 0.616. The first-order valence-electron chi connectivity index (χ1n) is 5.10. The van der Waals surface area contributed by atoms with E-state index in [4.69, 9.17) is 0 Å². The number of aromatic nitrogens is 1. The molecule has 0 fully saturated rings. The van der Waals surface area contributed by atoms with Gasteiger partial charge in [0.25, 0.3) is 0 Å². The molecule has 0 radical (unpaired) electrons. The van der Waals surface area contributed by atoms with Gasteiger partial charge in [0.1, 0.15) is 4.60 Å². The molecule has 5 heteroatoms. The molecule has 1 rings (SSSR count). The summed E-state index contributed by atoms with van der Waals surface area (Å²) in [6, 6.07) is 3.89. The molecule has 0 aliphatic rings. The fourth-order valence-corrected chi connectivity index (χ4v) is 2.29. The highest BCUT2D eigenvalue weighted by Gasteiger charge is 2.21. The molecule has 0 bridgehead atoms. The van der Waals surface area contributed by atoms with Gasteiger partial charge in [-0.1, -0.05) is 0 Å². The largest absolute Gasteiger partial charge is 0.249 e. The number of nitrogens with zero attached hydrogens (tertiary/aromatic N) is 1. The molecule has 0 amide bonds. The summed E-state index contributed by atoms with van der Waals surface area (Å²) in [6.45, 7) is 7.84. The molecular formula is C11H17BrN2OS. The Balaban J connectivity index is 2.73. The smallest absolute Gasteiger partial charge is 0.106 e. The summed E-state index contributed by atoms with van der Waals surface area (Å²) in [7, 11) is -1.06. The van der Waals surface area contributed by atoms with Gasteiger partial charge in [0.2, 0.25) is 0 Å². The second-order valence-electron chi connectivity index (χ2n) is 4.63. The molecule has 0 saturated heterocycles. The Labute approximate surface area is 108 Å². The second-order valence-corrected chi connectivity index (χ2v) is 7.44. The predicted molar refractivity (Wildman–Crippen MR) is 71.4 cm³/mol. The minimum atomic E-state index is -1.06. The number of rotatable bonds is 3. The maximum Gasteiger partial charge on any atom is 0.106 e. The van der Waals surface area contributed by atoms with Crippen LogP contribution in [0.3, 0.4) is 0 Å². The zero-order valence-electron chi connectivity index (χ0n) is 9.95. The van der Waals surface area contributed by atoms with Crippen molar-refractivity contribution >= 4 is 26.9 Å². The van der Waals surface area contributed by atoms with Crippen LogP contribution in [0, 0.1) is 0 Å². The third kappa shape index (κ3) is 3.96. The van der Waals surface area contributed by atoms with Gasteiger partial charge in [-0.3, -0.25) is 0 Å². The molecule has 16 heavy (non-hydrogen) atoms. The number of nitrogens with one attached hydrogen (secondary N) is 1. The Kier molecular flexibility index (Phi) is 4.64. The number of pyridine rings is 1. The van der Waals surface area contributed by atoms with Gasteiger partial charge in [-0.2, -0.15) is 0 Å². The fourth-order valence-electron chi connectivity index (χ4n) is 1.09. The van der Waals surface area contributed by atoms with Crippen molar-refractivity contribution in [2.24, 2.45) is 0 Å². The molecule has 2 atom stereocenters. The first-order valence-corrected chi connectivity index (χ1v) is 7.04. The fraction of sp³-hybridized carbons (Fsp3) is 0.545. The molecule has 1 aromatic rings. The third-order valence-electron chi connectivity index (χ3n) is 2.09. The lowest BCUT2D eigenvalue weighted by atomic mass is 10.1. The normalized spacial score (nSPS) is 15.8. The van der Waals surface area contributed by atoms with Crippen molar-refractivity contribution < 1.29 is 4.21 Å². The van der Waals surface area contributed by atoms with Crippen molar-refractivity contribution in [2.45, 2.75) is 38.5 Å². The number of hydrogen-bond acceptors (Lipinski definition) is 2. The van der Waals surface area contributed by atoms with Crippen molar-refractivity contribution in [1.82, 2.24) is 9.71 Å². The average Bonchev–Trinajstić information content (AvgIpc) is 2.16. The summed E-state index contributed by atoms with van der Waals surface area (Å²) < 4.78 is 15.5. The molecule has 0 aliphatic heterocycles. The van der Waals surface area contributed by atoms with Gasteiger partial charge in [-0.05, 0) is 61.3 Å². The van der Waals surface area contributed by atoms with Gasteiger partial charge in [-0.25, -0.2) is 13.9 Å². The molecule has 0 aromatic carbocycles. The lowest BCUT2D eigenvalue weighted by Crippen LogP contribution is -2.34. The van der Waals surface area contributed by atoms with Crippen molar-refractivity contribution in [3.8, 4) is 0 Å². The van der Waals surface area contributed by atoms with Gasteiger partial charge >= 0.3 is 0 Å². The van der Waals surface area contributed by atoms with Gasteiger partial charge in [0.05, 0.1) is 15.7 Å². The van der Waals surface area contributed by atoms with E-state index in [0.717, 1.165) is 10.2 Å². The standard InChI is InChI=1S/C11H17BrN2OS/c1-8(14-16(15)11(2,3)4)9-5-6-13-10(12)7-9/h5-8,14H,1-4H3/t8?,16-/m0/s1. The summed E-state index contributed by atoms with van der Waals surface area (Å²) in [5.74, 6) is 0. The van der Waals surface area contributed by atoms with Gasteiger partial charge in [0.15, 0.2) is 0 Å². The third-order valence-corrected chi connectivity index (χ3v) is 4.20. The molecule has 90 valence electrons.